The summed E-state index contributed by atoms with van der Waals surface area (Å²) in [4.78, 5) is 0. The summed E-state index contributed by atoms with van der Waals surface area (Å²) in [5.41, 5.74) is 0. The molecule has 1 fully saturated rings. The molecular formula is C16H25NO3. The van der Waals surface area contributed by atoms with Gasteiger partial charge in [-0.25, -0.2) is 0 Å². The van der Waals surface area contributed by atoms with Crippen molar-refractivity contribution < 1.29 is 14.2 Å². The first-order valence-electron chi connectivity index (χ1n) is 7.37. The molecule has 1 saturated heterocycles. The van der Waals surface area contributed by atoms with Crippen LogP contribution in [0.5, 0.6) is 11.5 Å². The molecule has 4 nitrogen and oxygen atoms in total. The third kappa shape index (κ3) is 4.69. The van der Waals surface area contributed by atoms with Gasteiger partial charge < -0.3 is 19.5 Å². The number of methoxy groups -OCH3 is 1. The van der Waals surface area contributed by atoms with Crippen LogP contribution in [-0.4, -0.2) is 39.5 Å². The van der Waals surface area contributed by atoms with E-state index in [1.807, 2.05) is 24.3 Å². The van der Waals surface area contributed by atoms with E-state index in [0.29, 0.717) is 12.6 Å². The first kappa shape index (κ1) is 15.1. The van der Waals surface area contributed by atoms with Crippen molar-refractivity contribution in [3.63, 3.8) is 0 Å². The summed E-state index contributed by atoms with van der Waals surface area (Å²) in [6.07, 6.45) is 2.32. The van der Waals surface area contributed by atoms with Crippen LogP contribution in [0.15, 0.2) is 24.3 Å². The molecule has 2 rings (SSSR count). The maximum atomic E-state index is 5.70. The van der Waals surface area contributed by atoms with Crippen LogP contribution in [0.1, 0.15) is 19.8 Å². The van der Waals surface area contributed by atoms with Crippen LogP contribution in [0.2, 0.25) is 0 Å². The number of nitrogens with one attached hydrogen (secondary N) is 1. The lowest BCUT2D eigenvalue weighted by Crippen LogP contribution is -2.38. The van der Waals surface area contributed by atoms with E-state index >= 15 is 0 Å². The Balaban J connectivity index is 1.62. The minimum Gasteiger partial charge on any atom is -0.497 e. The predicted molar refractivity (Wildman–Crippen MR) is 79.5 cm³/mol. The molecule has 112 valence electrons. The monoisotopic (exact) mass is 279 g/mol. The average Bonchev–Trinajstić information content (AvgIpc) is 2.53. The fourth-order valence-corrected chi connectivity index (χ4v) is 2.51. The maximum Gasteiger partial charge on any atom is 0.119 e. The number of ether oxygens (including phenoxy) is 3. The van der Waals surface area contributed by atoms with Crippen molar-refractivity contribution in [3.8, 4) is 11.5 Å². The highest BCUT2D eigenvalue weighted by Gasteiger charge is 2.19. The summed E-state index contributed by atoms with van der Waals surface area (Å²) in [6, 6.07) is 8.21. The van der Waals surface area contributed by atoms with Gasteiger partial charge in [-0.1, -0.05) is 0 Å². The maximum absolute atomic E-state index is 5.70. The molecule has 0 radical (unpaired) electrons. The van der Waals surface area contributed by atoms with Gasteiger partial charge in [0.2, 0.25) is 0 Å². The van der Waals surface area contributed by atoms with E-state index in [2.05, 4.69) is 12.2 Å². The van der Waals surface area contributed by atoms with Crippen LogP contribution in [0.3, 0.4) is 0 Å². The van der Waals surface area contributed by atoms with Gasteiger partial charge in [0.15, 0.2) is 0 Å². The summed E-state index contributed by atoms with van der Waals surface area (Å²) < 4.78 is 16.2. The van der Waals surface area contributed by atoms with E-state index in [4.69, 9.17) is 14.2 Å². The van der Waals surface area contributed by atoms with Gasteiger partial charge in [0.1, 0.15) is 18.1 Å². The Morgan fingerprint density at radius 1 is 1.20 bits per heavy atom. The van der Waals surface area contributed by atoms with Crippen molar-refractivity contribution >= 4 is 0 Å². The van der Waals surface area contributed by atoms with Gasteiger partial charge in [-0.15, -0.1) is 0 Å². The third-order valence-corrected chi connectivity index (χ3v) is 3.87. The number of hydrogen-bond donors (Lipinski definition) is 1. The highest BCUT2D eigenvalue weighted by Crippen LogP contribution is 2.19. The Bertz CT molecular complexity index is 374. The van der Waals surface area contributed by atoms with Crippen LogP contribution in [0.4, 0.5) is 0 Å². The largest absolute Gasteiger partial charge is 0.497 e. The van der Waals surface area contributed by atoms with Gasteiger partial charge in [0.05, 0.1) is 7.11 Å². The normalized spacial score (nSPS) is 17.7. The fraction of sp³-hybridized carbons (Fsp3) is 0.625. The first-order chi connectivity index (χ1) is 9.79. The molecule has 1 heterocycles. The van der Waals surface area contributed by atoms with Crippen LogP contribution in [0, 0.1) is 5.92 Å². The number of hydrogen-bond acceptors (Lipinski definition) is 4. The lowest BCUT2D eigenvalue weighted by Gasteiger charge is -2.28. The van der Waals surface area contributed by atoms with Gasteiger partial charge in [-0.3, -0.25) is 0 Å². The van der Waals surface area contributed by atoms with Crippen molar-refractivity contribution in [2.75, 3.05) is 33.5 Å². The molecule has 0 aliphatic carbocycles. The molecule has 0 amide bonds. The van der Waals surface area contributed by atoms with Gasteiger partial charge in [0.25, 0.3) is 0 Å². The molecule has 0 aromatic heterocycles. The molecule has 0 bridgehead atoms. The molecule has 1 aliphatic heterocycles. The minimum atomic E-state index is 0.526. The zero-order valence-corrected chi connectivity index (χ0v) is 12.4. The molecule has 1 N–H and O–H groups in total. The summed E-state index contributed by atoms with van der Waals surface area (Å²) in [5.74, 6) is 2.46. The van der Waals surface area contributed by atoms with E-state index in [9.17, 15) is 0 Å². The lowest BCUT2D eigenvalue weighted by atomic mass is 9.93. The Labute approximate surface area is 121 Å². The topological polar surface area (TPSA) is 39.7 Å². The van der Waals surface area contributed by atoms with Crippen LogP contribution in [-0.2, 0) is 4.74 Å². The van der Waals surface area contributed by atoms with Gasteiger partial charge in [-0.2, -0.15) is 0 Å². The SMILES string of the molecule is COc1ccc(OCCNC(C)C2CCOCC2)cc1. The number of rotatable bonds is 7. The molecule has 1 atom stereocenters. The van der Waals surface area contributed by atoms with E-state index in [-0.39, 0.29) is 0 Å². The van der Waals surface area contributed by atoms with E-state index < -0.39 is 0 Å². The second kappa shape index (κ2) is 8.12. The highest BCUT2D eigenvalue weighted by molar-refractivity contribution is 5.31. The molecule has 1 aliphatic rings. The van der Waals surface area contributed by atoms with Crippen molar-refractivity contribution in [1.82, 2.24) is 5.32 Å². The van der Waals surface area contributed by atoms with Gasteiger partial charge in [0, 0.05) is 25.8 Å². The molecule has 1 unspecified atom stereocenters. The summed E-state index contributed by atoms with van der Waals surface area (Å²) in [6.45, 7) is 5.60. The first-order valence-corrected chi connectivity index (χ1v) is 7.37. The van der Waals surface area contributed by atoms with Gasteiger partial charge >= 0.3 is 0 Å². The second-order valence-electron chi connectivity index (χ2n) is 5.22. The van der Waals surface area contributed by atoms with Gasteiger partial charge in [-0.05, 0) is 49.9 Å². The lowest BCUT2D eigenvalue weighted by molar-refractivity contribution is 0.0556. The zero-order valence-electron chi connectivity index (χ0n) is 12.4. The Morgan fingerprint density at radius 2 is 1.85 bits per heavy atom. The number of benzene rings is 1. The van der Waals surface area contributed by atoms with Crippen LogP contribution in [0.25, 0.3) is 0 Å². The Kier molecular flexibility index (Phi) is 6.15. The van der Waals surface area contributed by atoms with Crippen molar-refractivity contribution in [2.45, 2.75) is 25.8 Å². The molecule has 4 heteroatoms. The summed E-state index contributed by atoms with van der Waals surface area (Å²) in [7, 11) is 1.66. The molecule has 20 heavy (non-hydrogen) atoms. The minimum absolute atomic E-state index is 0.526. The van der Waals surface area contributed by atoms with E-state index in [0.717, 1.165) is 50.0 Å². The molecule has 1 aromatic carbocycles. The van der Waals surface area contributed by atoms with Crippen molar-refractivity contribution in [1.29, 1.82) is 0 Å². The summed E-state index contributed by atoms with van der Waals surface area (Å²) >= 11 is 0. The highest BCUT2D eigenvalue weighted by atomic mass is 16.5. The predicted octanol–water partition coefficient (Wildman–Crippen LogP) is 2.48. The quantitative estimate of drug-likeness (QED) is 0.778. The molecular weight excluding hydrogens is 254 g/mol. The van der Waals surface area contributed by atoms with E-state index in [1.54, 1.807) is 7.11 Å². The standard InChI is InChI=1S/C16H25NO3/c1-13(14-7-10-19-11-8-14)17-9-12-20-16-5-3-15(18-2)4-6-16/h3-6,13-14,17H,7-12H2,1-2H3. The summed E-state index contributed by atoms with van der Waals surface area (Å²) in [5, 5.41) is 3.54. The second-order valence-corrected chi connectivity index (χ2v) is 5.22. The fourth-order valence-electron chi connectivity index (χ4n) is 2.51. The van der Waals surface area contributed by atoms with Crippen LogP contribution < -0.4 is 14.8 Å². The van der Waals surface area contributed by atoms with Crippen LogP contribution >= 0.6 is 0 Å². The Morgan fingerprint density at radius 3 is 2.50 bits per heavy atom. The Hall–Kier alpha value is -1.26. The average molecular weight is 279 g/mol. The molecule has 1 aromatic rings. The van der Waals surface area contributed by atoms with Crippen molar-refractivity contribution in [3.05, 3.63) is 24.3 Å². The molecule has 0 saturated carbocycles. The molecule has 0 spiro atoms. The van der Waals surface area contributed by atoms with E-state index in [1.165, 1.54) is 0 Å². The zero-order chi connectivity index (χ0) is 14.2. The smallest absolute Gasteiger partial charge is 0.119 e. The van der Waals surface area contributed by atoms with Crippen molar-refractivity contribution in [2.24, 2.45) is 5.92 Å². The third-order valence-electron chi connectivity index (χ3n) is 3.87.